The number of morpholine rings is 1. The summed E-state index contributed by atoms with van der Waals surface area (Å²) >= 11 is 0. The standard InChI is InChI=1S/C20H30N2O4/c1-20(2,22-8-11-24-12-9-22)15-21-19(23)16-5-3-6-17(13-16)26-14-18-7-4-10-25-18/h3,5-6,13,18H,4,7-12,14-15H2,1-2H3,(H,21,23). The average Bonchev–Trinajstić information content (AvgIpc) is 3.19. The fraction of sp³-hybridized carbons (Fsp3) is 0.650. The topological polar surface area (TPSA) is 60.0 Å². The highest BCUT2D eigenvalue weighted by Crippen LogP contribution is 2.18. The molecule has 0 radical (unpaired) electrons. The molecular weight excluding hydrogens is 332 g/mol. The van der Waals surface area contributed by atoms with Crippen LogP contribution in [0.15, 0.2) is 24.3 Å². The van der Waals surface area contributed by atoms with E-state index in [9.17, 15) is 4.79 Å². The molecule has 6 heteroatoms. The summed E-state index contributed by atoms with van der Waals surface area (Å²) in [5.41, 5.74) is 0.514. The normalized spacial score (nSPS) is 21.5. The van der Waals surface area contributed by atoms with Crippen molar-refractivity contribution in [1.82, 2.24) is 10.2 Å². The lowest BCUT2D eigenvalue weighted by atomic mass is 10.0. The van der Waals surface area contributed by atoms with Crippen molar-refractivity contribution in [2.75, 3.05) is 46.1 Å². The molecule has 2 aliphatic rings. The number of rotatable bonds is 7. The number of nitrogens with one attached hydrogen (secondary N) is 1. The van der Waals surface area contributed by atoms with Gasteiger partial charge in [0.1, 0.15) is 12.4 Å². The molecule has 1 atom stereocenters. The summed E-state index contributed by atoms with van der Waals surface area (Å²) in [4.78, 5) is 14.9. The van der Waals surface area contributed by atoms with E-state index < -0.39 is 0 Å². The van der Waals surface area contributed by atoms with Gasteiger partial charge in [-0.15, -0.1) is 0 Å². The second-order valence-corrected chi connectivity index (χ2v) is 7.57. The Hall–Kier alpha value is -1.63. The van der Waals surface area contributed by atoms with Crippen molar-refractivity contribution in [1.29, 1.82) is 0 Å². The molecular formula is C20H30N2O4. The Morgan fingerprint density at radius 3 is 2.85 bits per heavy atom. The van der Waals surface area contributed by atoms with E-state index >= 15 is 0 Å². The minimum atomic E-state index is -0.104. The SMILES string of the molecule is CC(C)(CNC(=O)c1cccc(OCC2CCCO2)c1)N1CCOCC1. The quantitative estimate of drug-likeness (QED) is 0.805. The van der Waals surface area contributed by atoms with Crippen molar-refractivity contribution in [2.45, 2.75) is 38.3 Å². The molecule has 2 fully saturated rings. The Labute approximate surface area is 155 Å². The van der Waals surface area contributed by atoms with Gasteiger partial charge in [0.2, 0.25) is 0 Å². The zero-order valence-electron chi connectivity index (χ0n) is 15.8. The summed E-state index contributed by atoms with van der Waals surface area (Å²) in [7, 11) is 0. The summed E-state index contributed by atoms with van der Waals surface area (Å²) in [5, 5.41) is 3.06. The van der Waals surface area contributed by atoms with E-state index in [0.717, 1.165) is 45.8 Å². The van der Waals surface area contributed by atoms with Gasteiger partial charge in [-0.3, -0.25) is 9.69 Å². The number of hydrogen-bond donors (Lipinski definition) is 1. The van der Waals surface area contributed by atoms with Gasteiger partial charge in [-0.25, -0.2) is 0 Å². The first-order valence-corrected chi connectivity index (χ1v) is 9.50. The van der Waals surface area contributed by atoms with Gasteiger partial charge in [-0.2, -0.15) is 0 Å². The largest absolute Gasteiger partial charge is 0.491 e. The lowest BCUT2D eigenvalue weighted by Crippen LogP contribution is -2.55. The molecule has 0 spiro atoms. The van der Waals surface area contributed by atoms with E-state index in [4.69, 9.17) is 14.2 Å². The van der Waals surface area contributed by atoms with Crippen LogP contribution in [-0.2, 0) is 9.47 Å². The zero-order valence-corrected chi connectivity index (χ0v) is 15.8. The molecule has 0 bridgehead atoms. The number of carbonyl (C=O) groups is 1. The fourth-order valence-corrected chi connectivity index (χ4v) is 3.37. The number of ether oxygens (including phenoxy) is 3. The molecule has 1 unspecified atom stereocenters. The molecule has 1 aromatic rings. The Bertz CT molecular complexity index is 593. The molecule has 1 N–H and O–H groups in total. The molecule has 2 saturated heterocycles. The Morgan fingerprint density at radius 1 is 1.31 bits per heavy atom. The van der Waals surface area contributed by atoms with Crippen LogP contribution in [0.2, 0.25) is 0 Å². The van der Waals surface area contributed by atoms with E-state index in [1.54, 1.807) is 6.07 Å². The number of nitrogens with zero attached hydrogens (tertiary/aromatic N) is 1. The molecule has 6 nitrogen and oxygen atoms in total. The average molecular weight is 362 g/mol. The third kappa shape index (κ3) is 5.19. The highest BCUT2D eigenvalue weighted by Gasteiger charge is 2.28. The van der Waals surface area contributed by atoms with Crippen LogP contribution in [0, 0.1) is 0 Å². The predicted octanol–water partition coefficient (Wildman–Crippen LogP) is 2.08. The maximum absolute atomic E-state index is 12.6. The predicted molar refractivity (Wildman–Crippen MR) is 99.7 cm³/mol. The Balaban J connectivity index is 1.51. The van der Waals surface area contributed by atoms with Crippen LogP contribution >= 0.6 is 0 Å². The van der Waals surface area contributed by atoms with E-state index in [0.29, 0.717) is 24.5 Å². The number of benzene rings is 1. The molecule has 26 heavy (non-hydrogen) atoms. The Kier molecular flexibility index (Phi) is 6.51. The van der Waals surface area contributed by atoms with Crippen LogP contribution < -0.4 is 10.1 Å². The van der Waals surface area contributed by atoms with Crippen LogP contribution in [0.5, 0.6) is 5.75 Å². The molecule has 2 aliphatic heterocycles. The first-order valence-electron chi connectivity index (χ1n) is 9.50. The first kappa shape index (κ1) is 19.1. The number of amides is 1. The molecule has 144 valence electrons. The van der Waals surface area contributed by atoms with E-state index in [1.807, 2.05) is 18.2 Å². The highest BCUT2D eigenvalue weighted by molar-refractivity contribution is 5.94. The highest BCUT2D eigenvalue weighted by atomic mass is 16.5. The molecule has 1 aromatic carbocycles. The summed E-state index contributed by atoms with van der Waals surface area (Å²) in [6.07, 6.45) is 2.30. The minimum absolute atomic E-state index is 0.0751. The van der Waals surface area contributed by atoms with Gasteiger partial charge in [0.05, 0.1) is 19.3 Å². The number of carbonyl (C=O) groups excluding carboxylic acids is 1. The fourth-order valence-electron chi connectivity index (χ4n) is 3.37. The van der Waals surface area contributed by atoms with E-state index in [2.05, 4.69) is 24.1 Å². The van der Waals surface area contributed by atoms with Gasteiger partial charge < -0.3 is 19.5 Å². The van der Waals surface area contributed by atoms with Crippen LogP contribution in [-0.4, -0.2) is 68.5 Å². The zero-order chi connectivity index (χ0) is 18.4. The minimum Gasteiger partial charge on any atom is -0.491 e. The van der Waals surface area contributed by atoms with Gasteiger partial charge in [-0.05, 0) is 44.9 Å². The molecule has 0 aromatic heterocycles. The van der Waals surface area contributed by atoms with Gasteiger partial charge in [-0.1, -0.05) is 6.07 Å². The molecule has 0 saturated carbocycles. The summed E-state index contributed by atoms with van der Waals surface area (Å²) in [6, 6.07) is 7.35. The first-order chi connectivity index (χ1) is 12.5. The summed E-state index contributed by atoms with van der Waals surface area (Å²) in [5.74, 6) is 0.634. The molecule has 2 heterocycles. The molecule has 3 rings (SSSR count). The van der Waals surface area contributed by atoms with E-state index in [1.165, 1.54) is 0 Å². The molecule has 0 aliphatic carbocycles. The van der Waals surface area contributed by atoms with Gasteiger partial charge in [0.15, 0.2) is 0 Å². The van der Waals surface area contributed by atoms with Crippen molar-refractivity contribution in [3.8, 4) is 5.75 Å². The van der Waals surface area contributed by atoms with Crippen molar-refractivity contribution in [3.63, 3.8) is 0 Å². The van der Waals surface area contributed by atoms with Crippen LogP contribution in [0.4, 0.5) is 0 Å². The number of hydrogen-bond acceptors (Lipinski definition) is 5. The monoisotopic (exact) mass is 362 g/mol. The summed E-state index contributed by atoms with van der Waals surface area (Å²) < 4.78 is 16.8. The maximum Gasteiger partial charge on any atom is 0.251 e. The van der Waals surface area contributed by atoms with Crippen molar-refractivity contribution >= 4 is 5.91 Å². The van der Waals surface area contributed by atoms with Gasteiger partial charge in [0, 0.05) is 37.3 Å². The van der Waals surface area contributed by atoms with Crippen molar-refractivity contribution in [3.05, 3.63) is 29.8 Å². The van der Waals surface area contributed by atoms with Crippen LogP contribution in [0.1, 0.15) is 37.0 Å². The van der Waals surface area contributed by atoms with Gasteiger partial charge >= 0.3 is 0 Å². The third-order valence-corrected chi connectivity index (χ3v) is 5.10. The second kappa shape index (κ2) is 8.84. The lowest BCUT2D eigenvalue weighted by molar-refractivity contribution is -0.00923. The summed E-state index contributed by atoms with van der Waals surface area (Å²) in [6.45, 7) is 9.55. The third-order valence-electron chi connectivity index (χ3n) is 5.10. The Morgan fingerprint density at radius 2 is 2.12 bits per heavy atom. The van der Waals surface area contributed by atoms with Crippen molar-refractivity contribution < 1.29 is 19.0 Å². The smallest absolute Gasteiger partial charge is 0.251 e. The molecule has 1 amide bonds. The van der Waals surface area contributed by atoms with Crippen LogP contribution in [0.25, 0.3) is 0 Å². The second-order valence-electron chi connectivity index (χ2n) is 7.57. The van der Waals surface area contributed by atoms with Gasteiger partial charge in [0.25, 0.3) is 5.91 Å². The maximum atomic E-state index is 12.6. The van der Waals surface area contributed by atoms with Crippen LogP contribution in [0.3, 0.4) is 0 Å². The lowest BCUT2D eigenvalue weighted by Gasteiger charge is -2.40. The van der Waals surface area contributed by atoms with E-state index in [-0.39, 0.29) is 17.6 Å². The van der Waals surface area contributed by atoms with Crippen molar-refractivity contribution in [2.24, 2.45) is 0 Å².